The van der Waals surface area contributed by atoms with E-state index in [0.717, 1.165) is 23.1 Å². The Morgan fingerprint density at radius 3 is 2.41 bits per heavy atom. The summed E-state index contributed by atoms with van der Waals surface area (Å²) in [7, 11) is 0. The number of rotatable bonds is 7. The van der Waals surface area contributed by atoms with Crippen LogP contribution in [0.2, 0.25) is 0 Å². The number of hydrogen-bond donors (Lipinski definition) is 1. The molecule has 0 spiro atoms. The number of amides is 1. The first kappa shape index (κ1) is 20.6. The first-order chi connectivity index (χ1) is 14.1. The van der Waals surface area contributed by atoms with E-state index >= 15 is 0 Å². The minimum atomic E-state index is -0.439. The van der Waals surface area contributed by atoms with Gasteiger partial charge in [0.25, 0.3) is 0 Å². The molecule has 5 heteroatoms. The number of esters is 1. The second kappa shape index (κ2) is 9.85. The summed E-state index contributed by atoms with van der Waals surface area (Å²) in [5.74, 6) is -0.736. The van der Waals surface area contributed by atoms with E-state index in [9.17, 15) is 9.59 Å². The summed E-state index contributed by atoms with van der Waals surface area (Å²) >= 11 is 1.32. The molecule has 0 atom stereocenters. The monoisotopic (exact) mass is 405 g/mol. The summed E-state index contributed by atoms with van der Waals surface area (Å²) in [6.45, 7) is 4.13. The van der Waals surface area contributed by atoms with Crippen molar-refractivity contribution in [3.05, 3.63) is 82.7 Å². The number of hydrogen-bond acceptors (Lipinski definition) is 4. The Hall–Kier alpha value is -3.18. The average molecular weight is 406 g/mol. The van der Waals surface area contributed by atoms with Gasteiger partial charge in [-0.2, -0.15) is 0 Å². The molecule has 0 fully saturated rings. The normalized spacial score (nSPS) is 10.8. The molecule has 3 rings (SSSR count). The highest BCUT2D eigenvalue weighted by Gasteiger charge is 2.22. The van der Waals surface area contributed by atoms with Crippen molar-refractivity contribution in [3.63, 3.8) is 0 Å². The Kier molecular flexibility index (Phi) is 6.98. The zero-order chi connectivity index (χ0) is 20.6. The van der Waals surface area contributed by atoms with Crippen LogP contribution in [0.5, 0.6) is 0 Å². The standard InChI is InChI=1S/C24H23NO3S/c1-3-17-10-13-19(14-11-17)20-16-29-23(22(20)24(27)28-4-2)25-21(26)15-12-18-8-6-5-7-9-18/h5-16H,3-4H2,1-2H3,(H,25,26). The number of carbonyl (C=O) groups is 2. The van der Waals surface area contributed by atoms with Gasteiger partial charge < -0.3 is 10.1 Å². The van der Waals surface area contributed by atoms with E-state index in [1.54, 1.807) is 13.0 Å². The lowest BCUT2D eigenvalue weighted by Gasteiger charge is -2.08. The molecule has 1 amide bonds. The lowest BCUT2D eigenvalue weighted by atomic mass is 10.0. The molecular weight excluding hydrogens is 382 g/mol. The lowest BCUT2D eigenvalue weighted by molar-refractivity contribution is -0.111. The number of thiophene rings is 1. The van der Waals surface area contributed by atoms with Crippen LogP contribution in [0.4, 0.5) is 5.00 Å². The second-order valence-corrected chi connectivity index (χ2v) is 7.24. The fourth-order valence-corrected chi connectivity index (χ4v) is 3.84. The Labute approximate surface area is 174 Å². The topological polar surface area (TPSA) is 55.4 Å². The molecule has 0 aliphatic heterocycles. The SMILES string of the molecule is CCOC(=O)c1c(-c2ccc(CC)cc2)csc1NC(=O)C=Cc1ccccc1. The van der Waals surface area contributed by atoms with Gasteiger partial charge in [0.2, 0.25) is 5.91 Å². The molecule has 3 aromatic rings. The highest BCUT2D eigenvalue weighted by atomic mass is 32.1. The van der Waals surface area contributed by atoms with E-state index in [0.29, 0.717) is 10.6 Å². The van der Waals surface area contributed by atoms with E-state index in [-0.39, 0.29) is 12.5 Å². The van der Waals surface area contributed by atoms with Gasteiger partial charge in [-0.25, -0.2) is 4.79 Å². The van der Waals surface area contributed by atoms with Gasteiger partial charge in [-0.15, -0.1) is 11.3 Å². The number of nitrogens with one attached hydrogen (secondary N) is 1. The van der Waals surface area contributed by atoms with Gasteiger partial charge in [0.15, 0.2) is 0 Å². The molecule has 0 saturated carbocycles. The number of ether oxygens (including phenoxy) is 1. The van der Waals surface area contributed by atoms with Crippen LogP contribution in [0.1, 0.15) is 35.3 Å². The van der Waals surface area contributed by atoms with E-state index in [4.69, 9.17) is 4.74 Å². The highest BCUT2D eigenvalue weighted by molar-refractivity contribution is 7.15. The van der Waals surface area contributed by atoms with Crippen LogP contribution in [0.15, 0.2) is 66.1 Å². The molecule has 1 aromatic heterocycles. The predicted molar refractivity (Wildman–Crippen MR) is 119 cm³/mol. The van der Waals surface area contributed by atoms with Gasteiger partial charge in [-0.1, -0.05) is 61.5 Å². The molecule has 0 aliphatic carbocycles. The maximum absolute atomic E-state index is 12.6. The Bertz CT molecular complexity index is 1000. The zero-order valence-corrected chi connectivity index (χ0v) is 17.3. The van der Waals surface area contributed by atoms with Crippen LogP contribution in [0.3, 0.4) is 0 Å². The smallest absolute Gasteiger partial charge is 0.341 e. The number of aryl methyl sites for hydroxylation is 1. The van der Waals surface area contributed by atoms with Crippen molar-refractivity contribution in [2.75, 3.05) is 11.9 Å². The summed E-state index contributed by atoms with van der Waals surface area (Å²) in [4.78, 5) is 25.0. The van der Waals surface area contributed by atoms with Crippen LogP contribution < -0.4 is 5.32 Å². The van der Waals surface area contributed by atoms with E-state index in [1.165, 1.54) is 23.0 Å². The van der Waals surface area contributed by atoms with Gasteiger partial charge in [0.1, 0.15) is 10.6 Å². The van der Waals surface area contributed by atoms with Crippen LogP contribution in [0.25, 0.3) is 17.2 Å². The maximum Gasteiger partial charge on any atom is 0.341 e. The van der Waals surface area contributed by atoms with Crippen molar-refractivity contribution in [2.45, 2.75) is 20.3 Å². The number of carbonyl (C=O) groups excluding carboxylic acids is 2. The van der Waals surface area contributed by atoms with Crippen LogP contribution in [0, 0.1) is 0 Å². The third-order valence-corrected chi connectivity index (χ3v) is 5.30. The third-order valence-electron chi connectivity index (χ3n) is 4.41. The predicted octanol–water partition coefficient (Wildman–Crippen LogP) is 5.81. The number of anilines is 1. The number of benzene rings is 2. The van der Waals surface area contributed by atoms with Crippen LogP contribution in [-0.4, -0.2) is 18.5 Å². The first-order valence-electron chi connectivity index (χ1n) is 9.54. The van der Waals surface area contributed by atoms with Crippen molar-refractivity contribution < 1.29 is 14.3 Å². The molecule has 0 bridgehead atoms. The summed E-state index contributed by atoms with van der Waals surface area (Å²) < 4.78 is 5.24. The average Bonchev–Trinajstić information content (AvgIpc) is 3.16. The van der Waals surface area contributed by atoms with Crippen molar-refractivity contribution in [1.82, 2.24) is 0 Å². The molecule has 0 aliphatic rings. The highest BCUT2D eigenvalue weighted by Crippen LogP contribution is 2.36. The Balaban J connectivity index is 1.87. The molecule has 2 aromatic carbocycles. The summed E-state index contributed by atoms with van der Waals surface area (Å²) in [6.07, 6.45) is 4.14. The fraction of sp³-hybridized carbons (Fsp3) is 0.167. The van der Waals surface area contributed by atoms with Crippen LogP contribution in [-0.2, 0) is 16.0 Å². The van der Waals surface area contributed by atoms with E-state index in [1.807, 2.05) is 60.0 Å². The second-order valence-electron chi connectivity index (χ2n) is 6.36. The first-order valence-corrected chi connectivity index (χ1v) is 10.4. The third kappa shape index (κ3) is 5.21. The molecule has 0 radical (unpaired) electrons. The van der Waals surface area contributed by atoms with Crippen molar-refractivity contribution in [1.29, 1.82) is 0 Å². The van der Waals surface area contributed by atoms with Gasteiger partial charge in [-0.05, 0) is 36.1 Å². The molecule has 29 heavy (non-hydrogen) atoms. The molecule has 0 unspecified atom stereocenters. The molecular formula is C24H23NO3S. The van der Waals surface area contributed by atoms with Crippen molar-refractivity contribution in [3.8, 4) is 11.1 Å². The van der Waals surface area contributed by atoms with Gasteiger partial charge in [-0.3, -0.25) is 4.79 Å². The quantitative estimate of drug-likeness (QED) is 0.399. The maximum atomic E-state index is 12.6. The summed E-state index contributed by atoms with van der Waals surface area (Å²) in [5, 5.41) is 5.19. The molecule has 148 valence electrons. The molecule has 0 saturated heterocycles. The zero-order valence-electron chi connectivity index (χ0n) is 16.5. The molecule has 1 heterocycles. The van der Waals surface area contributed by atoms with E-state index < -0.39 is 5.97 Å². The van der Waals surface area contributed by atoms with Crippen molar-refractivity contribution >= 4 is 34.3 Å². The minimum absolute atomic E-state index is 0.268. The molecule has 1 N–H and O–H groups in total. The minimum Gasteiger partial charge on any atom is -0.462 e. The largest absolute Gasteiger partial charge is 0.462 e. The summed E-state index contributed by atoms with van der Waals surface area (Å²) in [5.41, 5.74) is 4.22. The van der Waals surface area contributed by atoms with Gasteiger partial charge in [0, 0.05) is 17.0 Å². The van der Waals surface area contributed by atoms with Gasteiger partial charge in [0.05, 0.1) is 6.61 Å². The summed E-state index contributed by atoms with van der Waals surface area (Å²) in [6, 6.07) is 17.6. The van der Waals surface area contributed by atoms with Crippen molar-refractivity contribution in [2.24, 2.45) is 0 Å². The molecule has 4 nitrogen and oxygen atoms in total. The Morgan fingerprint density at radius 2 is 1.76 bits per heavy atom. The Morgan fingerprint density at radius 1 is 1.03 bits per heavy atom. The van der Waals surface area contributed by atoms with Crippen LogP contribution >= 0.6 is 11.3 Å². The van der Waals surface area contributed by atoms with E-state index in [2.05, 4.69) is 12.2 Å². The fourth-order valence-electron chi connectivity index (χ4n) is 2.88. The lowest BCUT2D eigenvalue weighted by Crippen LogP contribution is -2.12. The van der Waals surface area contributed by atoms with Gasteiger partial charge >= 0.3 is 5.97 Å².